The van der Waals surface area contributed by atoms with Crippen molar-refractivity contribution in [2.45, 2.75) is 66.0 Å². The summed E-state index contributed by atoms with van der Waals surface area (Å²) in [6.07, 6.45) is 3.50. The van der Waals surface area contributed by atoms with E-state index >= 15 is 0 Å². The Bertz CT molecular complexity index is 643. The highest BCUT2D eigenvalue weighted by molar-refractivity contribution is 7.13. The van der Waals surface area contributed by atoms with E-state index in [0.717, 1.165) is 24.2 Å². The maximum absolute atomic E-state index is 12.3. The van der Waals surface area contributed by atoms with Crippen LogP contribution in [0, 0.1) is 24.7 Å². The maximum Gasteiger partial charge on any atom is 0.347 e. The zero-order valence-corrected chi connectivity index (χ0v) is 17.1. The fourth-order valence-corrected chi connectivity index (χ4v) is 4.54. The van der Waals surface area contributed by atoms with E-state index in [2.05, 4.69) is 31.1 Å². The van der Waals surface area contributed by atoms with Crippen molar-refractivity contribution in [1.29, 1.82) is 0 Å². The molecule has 146 valence electrons. The van der Waals surface area contributed by atoms with E-state index in [1.807, 2.05) is 0 Å². The summed E-state index contributed by atoms with van der Waals surface area (Å²) in [5.41, 5.74) is 0.478. The van der Waals surface area contributed by atoms with Gasteiger partial charge in [0.2, 0.25) is 5.91 Å². The van der Waals surface area contributed by atoms with Gasteiger partial charge in [-0.2, -0.15) is 0 Å². The van der Waals surface area contributed by atoms with Crippen molar-refractivity contribution < 1.29 is 19.4 Å². The third kappa shape index (κ3) is 5.27. The normalized spacial score (nSPS) is 24.5. The Morgan fingerprint density at radius 1 is 1.35 bits per heavy atom. The molecular formula is C19H30N2O4S. The highest BCUT2D eigenvalue weighted by Gasteiger charge is 2.32. The van der Waals surface area contributed by atoms with Crippen LogP contribution >= 0.6 is 11.3 Å². The first-order valence-electron chi connectivity index (χ1n) is 9.30. The largest absolute Gasteiger partial charge is 0.477 e. The molecule has 6 nitrogen and oxygen atoms in total. The SMILES string of the molecule is Cc1nc(C(C)NC(=O)COC2CC(C)CCC2C(C)C)sc1C(=O)O. The number of nitrogens with zero attached hydrogens (tertiary/aromatic N) is 1. The number of aryl methyl sites for hydroxylation is 1. The smallest absolute Gasteiger partial charge is 0.347 e. The first-order chi connectivity index (χ1) is 12.2. The van der Waals surface area contributed by atoms with Crippen molar-refractivity contribution in [2.75, 3.05) is 6.61 Å². The molecule has 1 saturated carbocycles. The third-order valence-electron chi connectivity index (χ3n) is 5.15. The van der Waals surface area contributed by atoms with Crippen molar-refractivity contribution in [2.24, 2.45) is 17.8 Å². The average molecular weight is 383 g/mol. The van der Waals surface area contributed by atoms with Gasteiger partial charge in [0, 0.05) is 0 Å². The Kier molecular flexibility index (Phi) is 7.17. The van der Waals surface area contributed by atoms with E-state index in [-0.39, 0.29) is 29.5 Å². The minimum atomic E-state index is -0.987. The van der Waals surface area contributed by atoms with Gasteiger partial charge in [0.1, 0.15) is 16.5 Å². The van der Waals surface area contributed by atoms with Crippen LogP contribution in [0.4, 0.5) is 0 Å². The molecule has 7 heteroatoms. The van der Waals surface area contributed by atoms with Gasteiger partial charge in [-0.3, -0.25) is 4.79 Å². The molecule has 0 aromatic carbocycles. The highest BCUT2D eigenvalue weighted by atomic mass is 32.1. The van der Waals surface area contributed by atoms with Gasteiger partial charge in [0.25, 0.3) is 0 Å². The summed E-state index contributed by atoms with van der Waals surface area (Å²) in [5.74, 6) is 0.491. The first-order valence-corrected chi connectivity index (χ1v) is 10.1. The molecule has 4 atom stereocenters. The fourth-order valence-electron chi connectivity index (χ4n) is 3.63. The number of amides is 1. The number of carbonyl (C=O) groups is 2. The van der Waals surface area contributed by atoms with E-state index in [4.69, 9.17) is 9.84 Å². The van der Waals surface area contributed by atoms with Crippen molar-refractivity contribution in [3.05, 3.63) is 15.6 Å². The zero-order valence-electron chi connectivity index (χ0n) is 16.2. The Morgan fingerprint density at radius 3 is 2.62 bits per heavy atom. The number of aromatic nitrogens is 1. The topological polar surface area (TPSA) is 88.5 Å². The number of rotatable bonds is 7. The number of ether oxygens (including phenoxy) is 1. The van der Waals surface area contributed by atoms with E-state index in [1.54, 1.807) is 13.8 Å². The molecule has 26 heavy (non-hydrogen) atoms. The molecule has 0 radical (unpaired) electrons. The Balaban J connectivity index is 1.89. The second kappa shape index (κ2) is 8.95. The van der Waals surface area contributed by atoms with Crippen LogP contribution in [0.1, 0.15) is 73.4 Å². The number of hydrogen-bond donors (Lipinski definition) is 2. The molecular weight excluding hydrogens is 352 g/mol. The Hall–Kier alpha value is -1.47. The molecule has 2 rings (SSSR count). The van der Waals surface area contributed by atoms with Crippen LogP contribution in [0.3, 0.4) is 0 Å². The summed E-state index contributed by atoms with van der Waals surface area (Å²) < 4.78 is 5.97. The van der Waals surface area contributed by atoms with Crippen LogP contribution in [-0.4, -0.2) is 34.7 Å². The molecule has 1 aromatic heterocycles. The summed E-state index contributed by atoms with van der Waals surface area (Å²) in [6.45, 7) is 10.2. The predicted octanol–water partition coefficient (Wildman–Crippen LogP) is 3.80. The second-order valence-corrected chi connectivity index (χ2v) is 8.77. The summed E-state index contributed by atoms with van der Waals surface area (Å²) in [4.78, 5) is 27.9. The van der Waals surface area contributed by atoms with Gasteiger partial charge in [-0.05, 0) is 44.4 Å². The maximum atomic E-state index is 12.3. The molecule has 0 bridgehead atoms. The Labute approximate surface area is 159 Å². The molecule has 4 unspecified atom stereocenters. The van der Waals surface area contributed by atoms with Crippen LogP contribution < -0.4 is 5.32 Å². The van der Waals surface area contributed by atoms with Gasteiger partial charge in [0.05, 0.1) is 17.8 Å². The lowest BCUT2D eigenvalue weighted by Crippen LogP contribution is -2.38. The van der Waals surface area contributed by atoms with Crippen LogP contribution in [0.2, 0.25) is 0 Å². The molecule has 1 heterocycles. The number of hydrogen-bond acceptors (Lipinski definition) is 5. The molecule has 1 aliphatic rings. The lowest BCUT2D eigenvalue weighted by molar-refractivity contribution is -0.132. The zero-order chi connectivity index (χ0) is 19.4. The average Bonchev–Trinajstić information content (AvgIpc) is 2.95. The van der Waals surface area contributed by atoms with E-state index in [0.29, 0.717) is 28.5 Å². The standard InChI is InChI=1S/C19H30N2O4S/c1-10(2)14-7-6-11(3)8-15(14)25-9-16(22)20-13(5)18-21-12(4)17(26-18)19(23)24/h10-11,13-15H,6-9H2,1-5H3,(H,20,22)(H,23,24). The van der Waals surface area contributed by atoms with Crippen molar-refractivity contribution in [3.8, 4) is 0 Å². The van der Waals surface area contributed by atoms with Crippen LogP contribution in [0.15, 0.2) is 0 Å². The van der Waals surface area contributed by atoms with Crippen LogP contribution in [0.5, 0.6) is 0 Å². The van der Waals surface area contributed by atoms with E-state index in [1.165, 1.54) is 6.42 Å². The number of carbonyl (C=O) groups excluding carboxylic acids is 1. The van der Waals surface area contributed by atoms with Crippen LogP contribution in [0.25, 0.3) is 0 Å². The molecule has 2 N–H and O–H groups in total. The minimum Gasteiger partial charge on any atom is -0.477 e. The fraction of sp³-hybridized carbons (Fsp3) is 0.737. The highest BCUT2D eigenvalue weighted by Crippen LogP contribution is 2.35. The lowest BCUT2D eigenvalue weighted by Gasteiger charge is -2.37. The number of thiazole rings is 1. The molecule has 1 aromatic rings. The Morgan fingerprint density at radius 2 is 2.04 bits per heavy atom. The molecule has 0 aliphatic heterocycles. The molecule has 1 aliphatic carbocycles. The predicted molar refractivity (Wildman–Crippen MR) is 101 cm³/mol. The van der Waals surface area contributed by atoms with Crippen molar-refractivity contribution in [1.82, 2.24) is 10.3 Å². The molecule has 1 amide bonds. The van der Waals surface area contributed by atoms with Gasteiger partial charge in [-0.25, -0.2) is 9.78 Å². The van der Waals surface area contributed by atoms with Gasteiger partial charge in [0.15, 0.2) is 0 Å². The van der Waals surface area contributed by atoms with Gasteiger partial charge >= 0.3 is 5.97 Å². The van der Waals surface area contributed by atoms with Gasteiger partial charge in [-0.1, -0.05) is 27.2 Å². The van der Waals surface area contributed by atoms with Crippen molar-refractivity contribution in [3.63, 3.8) is 0 Å². The molecule has 1 fully saturated rings. The second-order valence-electron chi connectivity index (χ2n) is 7.74. The molecule has 0 spiro atoms. The van der Waals surface area contributed by atoms with E-state index < -0.39 is 5.97 Å². The summed E-state index contributed by atoms with van der Waals surface area (Å²) >= 11 is 1.10. The van der Waals surface area contributed by atoms with Crippen LogP contribution in [-0.2, 0) is 9.53 Å². The monoisotopic (exact) mass is 382 g/mol. The molecule has 0 saturated heterocycles. The number of aromatic carboxylic acids is 1. The summed E-state index contributed by atoms with van der Waals surface area (Å²) in [7, 11) is 0. The minimum absolute atomic E-state index is 0.0289. The van der Waals surface area contributed by atoms with E-state index in [9.17, 15) is 9.59 Å². The number of nitrogens with one attached hydrogen (secondary N) is 1. The lowest BCUT2D eigenvalue weighted by atomic mass is 9.75. The van der Waals surface area contributed by atoms with Gasteiger partial charge in [-0.15, -0.1) is 11.3 Å². The summed E-state index contributed by atoms with van der Waals surface area (Å²) in [6, 6.07) is -0.339. The number of carboxylic acid groups (broad SMARTS) is 1. The number of carboxylic acids is 1. The van der Waals surface area contributed by atoms with Gasteiger partial charge < -0.3 is 15.2 Å². The third-order valence-corrected chi connectivity index (χ3v) is 6.47. The van der Waals surface area contributed by atoms with Crippen molar-refractivity contribution >= 4 is 23.2 Å². The quantitative estimate of drug-likeness (QED) is 0.749. The summed E-state index contributed by atoms with van der Waals surface area (Å²) in [5, 5.41) is 12.6. The first kappa shape index (κ1) is 20.8.